The van der Waals surface area contributed by atoms with Crippen LogP contribution in [0.5, 0.6) is 0 Å². The molecule has 0 aromatic heterocycles. The van der Waals surface area contributed by atoms with Crippen molar-refractivity contribution < 1.29 is 19.1 Å². The summed E-state index contributed by atoms with van der Waals surface area (Å²) in [5.41, 5.74) is 5.88. The molecule has 0 fully saturated rings. The summed E-state index contributed by atoms with van der Waals surface area (Å²) in [4.78, 5) is 24.4. The van der Waals surface area contributed by atoms with Crippen molar-refractivity contribution in [1.29, 1.82) is 0 Å². The maximum Gasteiger partial charge on any atom is 0.329 e. The van der Waals surface area contributed by atoms with E-state index in [2.05, 4.69) is 5.32 Å². The number of carbonyl (C=O) groups is 2. The number of anilines is 2. The number of hydrogen-bond acceptors (Lipinski definition) is 6. The lowest BCUT2D eigenvalue weighted by molar-refractivity contribution is -0.157. The van der Waals surface area contributed by atoms with Crippen molar-refractivity contribution in [2.45, 2.75) is 71.6 Å². The van der Waals surface area contributed by atoms with Crippen LogP contribution in [0, 0.1) is 0 Å². The lowest BCUT2D eigenvalue weighted by Gasteiger charge is -2.25. The average Bonchev–Trinajstić information content (AvgIpc) is 2.41. The molecule has 0 heterocycles. The summed E-state index contributed by atoms with van der Waals surface area (Å²) in [6.07, 6.45) is 0.386. The van der Waals surface area contributed by atoms with Gasteiger partial charge in [-0.1, -0.05) is 0 Å². The lowest BCUT2D eigenvalue weighted by Crippen LogP contribution is -2.37. The van der Waals surface area contributed by atoms with Crippen LogP contribution < -0.4 is 11.1 Å². The Kier molecular flexibility index (Phi) is 6.85. The van der Waals surface area contributed by atoms with E-state index in [0.29, 0.717) is 5.69 Å². The maximum atomic E-state index is 12.5. The van der Waals surface area contributed by atoms with E-state index in [0.717, 1.165) is 5.69 Å². The van der Waals surface area contributed by atoms with Gasteiger partial charge in [-0.2, -0.15) is 0 Å². The van der Waals surface area contributed by atoms with Gasteiger partial charge in [0, 0.05) is 17.8 Å². The molecule has 1 rings (SSSR count). The molecule has 1 aromatic rings. The summed E-state index contributed by atoms with van der Waals surface area (Å²) in [5.74, 6) is -0.756. The first-order valence-corrected chi connectivity index (χ1v) is 8.42. The zero-order valence-electron chi connectivity index (χ0n) is 16.0. The molecular weight excluding hydrogens is 320 g/mol. The van der Waals surface area contributed by atoms with Crippen LogP contribution in [0.1, 0.15) is 54.4 Å². The minimum atomic E-state index is -0.657. The highest BCUT2D eigenvalue weighted by Gasteiger charge is 2.27. The van der Waals surface area contributed by atoms with Gasteiger partial charge in [-0.25, -0.2) is 4.79 Å². The summed E-state index contributed by atoms with van der Waals surface area (Å²) in [6.45, 7) is 10.8. The van der Waals surface area contributed by atoms with E-state index >= 15 is 0 Å². The molecule has 1 atom stereocenters. The molecule has 0 spiro atoms. The Balaban J connectivity index is 2.78. The van der Waals surface area contributed by atoms with Crippen molar-refractivity contribution in [3.63, 3.8) is 0 Å². The molecule has 0 aliphatic carbocycles. The molecule has 0 aliphatic heterocycles. The number of nitrogens with two attached hydrogens (primary N) is 1. The molecule has 6 nitrogen and oxygen atoms in total. The number of carbonyl (C=O) groups excluding carboxylic acids is 2. The monoisotopic (exact) mass is 350 g/mol. The predicted octanol–water partition coefficient (Wildman–Crippen LogP) is 3.51. The van der Waals surface area contributed by atoms with E-state index in [1.54, 1.807) is 45.0 Å². The molecule has 1 aromatic carbocycles. The highest BCUT2D eigenvalue weighted by atomic mass is 16.6. The Morgan fingerprint density at radius 1 is 1.00 bits per heavy atom. The van der Waals surface area contributed by atoms with Crippen LogP contribution in [-0.2, 0) is 19.1 Å². The largest absolute Gasteiger partial charge is 0.460 e. The number of nitrogens with one attached hydrogen (secondary N) is 1. The van der Waals surface area contributed by atoms with Crippen LogP contribution in [0.4, 0.5) is 11.4 Å². The molecule has 0 amide bonds. The maximum absolute atomic E-state index is 12.5. The SMILES string of the molecule is CC(C)(C)OC(=O)CCC(Nc1ccc(N)cc1)C(=O)OC(C)(C)C. The normalized spacial score (nSPS) is 13.0. The van der Waals surface area contributed by atoms with E-state index < -0.39 is 23.2 Å². The third-order valence-corrected chi connectivity index (χ3v) is 3.00. The van der Waals surface area contributed by atoms with Gasteiger partial charge < -0.3 is 20.5 Å². The van der Waals surface area contributed by atoms with Crippen LogP contribution in [0.2, 0.25) is 0 Å². The minimum Gasteiger partial charge on any atom is -0.460 e. The lowest BCUT2D eigenvalue weighted by atomic mass is 10.1. The third kappa shape index (κ3) is 8.98. The Labute approximate surface area is 150 Å². The molecule has 3 N–H and O–H groups in total. The number of benzene rings is 1. The van der Waals surface area contributed by atoms with Gasteiger partial charge >= 0.3 is 11.9 Å². The van der Waals surface area contributed by atoms with Crippen molar-refractivity contribution in [2.24, 2.45) is 0 Å². The van der Waals surface area contributed by atoms with Gasteiger partial charge in [0.25, 0.3) is 0 Å². The summed E-state index contributed by atoms with van der Waals surface area (Å²) < 4.78 is 10.8. The molecule has 0 radical (unpaired) electrons. The Bertz CT molecular complexity index is 583. The number of hydrogen-bond donors (Lipinski definition) is 2. The van der Waals surface area contributed by atoms with Gasteiger partial charge in [0.1, 0.15) is 17.2 Å². The van der Waals surface area contributed by atoms with E-state index in [1.165, 1.54) is 0 Å². The summed E-state index contributed by atoms with van der Waals surface area (Å²) in [7, 11) is 0. The fraction of sp³-hybridized carbons (Fsp3) is 0.579. The molecular formula is C19H30N2O4. The molecule has 0 saturated carbocycles. The molecule has 0 saturated heterocycles. The molecule has 6 heteroatoms. The van der Waals surface area contributed by atoms with E-state index in [1.807, 2.05) is 20.8 Å². The van der Waals surface area contributed by atoms with Gasteiger partial charge in [0.05, 0.1) is 0 Å². The van der Waals surface area contributed by atoms with E-state index in [-0.39, 0.29) is 18.8 Å². The second kappa shape index (κ2) is 8.23. The van der Waals surface area contributed by atoms with Crippen LogP contribution >= 0.6 is 0 Å². The Morgan fingerprint density at radius 2 is 1.52 bits per heavy atom. The van der Waals surface area contributed by atoms with Crippen LogP contribution in [0.15, 0.2) is 24.3 Å². The first-order chi connectivity index (χ1) is 11.4. The second-order valence-corrected chi connectivity index (χ2v) is 7.98. The molecule has 140 valence electrons. The number of esters is 2. The number of nitrogen functional groups attached to an aromatic ring is 1. The molecule has 0 bridgehead atoms. The van der Waals surface area contributed by atoms with Gasteiger partial charge in [0.15, 0.2) is 0 Å². The highest BCUT2D eigenvalue weighted by molar-refractivity contribution is 5.81. The second-order valence-electron chi connectivity index (χ2n) is 7.98. The molecule has 0 aliphatic rings. The standard InChI is InChI=1S/C19H30N2O4/c1-18(2,3)24-16(22)12-11-15(17(23)25-19(4,5)6)21-14-9-7-13(20)8-10-14/h7-10,15,21H,11-12,20H2,1-6H3. The van der Waals surface area contributed by atoms with Crippen molar-refractivity contribution in [2.75, 3.05) is 11.1 Å². The fourth-order valence-electron chi connectivity index (χ4n) is 2.06. The Hall–Kier alpha value is -2.24. The van der Waals surface area contributed by atoms with Crippen molar-refractivity contribution in [3.8, 4) is 0 Å². The minimum absolute atomic E-state index is 0.114. The van der Waals surface area contributed by atoms with Gasteiger partial charge in [0.2, 0.25) is 0 Å². The topological polar surface area (TPSA) is 90.6 Å². The number of rotatable bonds is 6. The van der Waals surface area contributed by atoms with Crippen molar-refractivity contribution in [3.05, 3.63) is 24.3 Å². The predicted molar refractivity (Wildman–Crippen MR) is 99.2 cm³/mol. The summed E-state index contributed by atoms with van der Waals surface area (Å²) in [6, 6.07) is 6.38. The number of ether oxygens (including phenoxy) is 2. The Morgan fingerprint density at radius 3 is 2.00 bits per heavy atom. The summed E-state index contributed by atoms with van der Waals surface area (Å²) >= 11 is 0. The molecule has 25 heavy (non-hydrogen) atoms. The van der Waals surface area contributed by atoms with E-state index in [9.17, 15) is 9.59 Å². The van der Waals surface area contributed by atoms with Crippen LogP contribution in [0.3, 0.4) is 0 Å². The quantitative estimate of drug-likeness (QED) is 0.603. The average molecular weight is 350 g/mol. The van der Waals surface area contributed by atoms with E-state index in [4.69, 9.17) is 15.2 Å². The third-order valence-electron chi connectivity index (χ3n) is 3.00. The van der Waals surface area contributed by atoms with Gasteiger partial charge in [-0.05, 0) is 72.2 Å². The molecule has 1 unspecified atom stereocenters. The highest BCUT2D eigenvalue weighted by Crippen LogP contribution is 2.18. The smallest absolute Gasteiger partial charge is 0.329 e. The van der Waals surface area contributed by atoms with Gasteiger partial charge in [-0.15, -0.1) is 0 Å². The first kappa shape index (κ1) is 20.8. The zero-order valence-corrected chi connectivity index (χ0v) is 16.0. The summed E-state index contributed by atoms with van der Waals surface area (Å²) in [5, 5.41) is 3.11. The fourth-order valence-corrected chi connectivity index (χ4v) is 2.06. The van der Waals surface area contributed by atoms with Crippen LogP contribution in [-0.4, -0.2) is 29.2 Å². The van der Waals surface area contributed by atoms with Crippen LogP contribution in [0.25, 0.3) is 0 Å². The van der Waals surface area contributed by atoms with Gasteiger partial charge in [-0.3, -0.25) is 4.79 Å². The van der Waals surface area contributed by atoms with Crippen molar-refractivity contribution >= 4 is 23.3 Å². The van der Waals surface area contributed by atoms with Crippen molar-refractivity contribution in [1.82, 2.24) is 0 Å². The first-order valence-electron chi connectivity index (χ1n) is 8.42. The zero-order chi connectivity index (χ0) is 19.3.